The van der Waals surface area contributed by atoms with Crippen LogP contribution in [0.25, 0.3) is 0 Å². The number of rotatable bonds is 6. The standard InChI is InChI=1S/C13H20FN3O/c1-3-16-13(18)9-17(4-2)8-10-5-11(14)7-12(15)6-10/h5-7H,3-4,8-9,15H2,1-2H3,(H,16,18). The van der Waals surface area contributed by atoms with Gasteiger partial charge in [0, 0.05) is 18.8 Å². The van der Waals surface area contributed by atoms with E-state index >= 15 is 0 Å². The van der Waals surface area contributed by atoms with E-state index in [1.165, 1.54) is 12.1 Å². The topological polar surface area (TPSA) is 58.4 Å². The van der Waals surface area contributed by atoms with E-state index in [0.29, 0.717) is 31.9 Å². The molecule has 0 radical (unpaired) electrons. The number of likely N-dealkylation sites (N-methyl/N-ethyl adjacent to an activating group) is 2. The van der Waals surface area contributed by atoms with Crippen molar-refractivity contribution in [2.75, 3.05) is 25.4 Å². The summed E-state index contributed by atoms with van der Waals surface area (Å²) < 4.78 is 13.2. The lowest BCUT2D eigenvalue weighted by atomic mass is 10.2. The number of benzene rings is 1. The molecule has 0 aliphatic rings. The summed E-state index contributed by atoms with van der Waals surface area (Å²) in [6.07, 6.45) is 0. The van der Waals surface area contributed by atoms with E-state index in [2.05, 4.69) is 5.32 Å². The van der Waals surface area contributed by atoms with Crippen molar-refractivity contribution in [1.29, 1.82) is 0 Å². The summed E-state index contributed by atoms with van der Waals surface area (Å²) >= 11 is 0. The van der Waals surface area contributed by atoms with Crippen LogP contribution in [0.5, 0.6) is 0 Å². The molecule has 4 nitrogen and oxygen atoms in total. The molecule has 100 valence electrons. The predicted octanol–water partition coefficient (Wildman–Crippen LogP) is 1.37. The highest BCUT2D eigenvalue weighted by molar-refractivity contribution is 5.77. The van der Waals surface area contributed by atoms with Gasteiger partial charge in [0.25, 0.3) is 0 Å². The SMILES string of the molecule is CCNC(=O)CN(CC)Cc1cc(N)cc(F)c1. The van der Waals surface area contributed by atoms with Gasteiger partial charge in [0.15, 0.2) is 0 Å². The Morgan fingerprint density at radius 3 is 2.67 bits per heavy atom. The van der Waals surface area contributed by atoms with E-state index in [0.717, 1.165) is 5.56 Å². The molecule has 5 heteroatoms. The number of anilines is 1. The monoisotopic (exact) mass is 253 g/mol. The molecule has 0 spiro atoms. The quantitative estimate of drug-likeness (QED) is 0.753. The van der Waals surface area contributed by atoms with Gasteiger partial charge in [0.05, 0.1) is 6.54 Å². The maximum atomic E-state index is 13.2. The van der Waals surface area contributed by atoms with Crippen molar-refractivity contribution in [2.45, 2.75) is 20.4 Å². The van der Waals surface area contributed by atoms with Crippen molar-refractivity contribution in [3.63, 3.8) is 0 Å². The number of nitrogens with zero attached hydrogens (tertiary/aromatic N) is 1. The van der Waals surface area contributed by atoms with Gasteiger partial charge in [0.1, 0.15) is 5.82 Å². The van der Waals surface area contributed by atoms with Crippen LogP contribution >= 0.6 is 0 Å². The van der Waals surface area contributed by atoms with Crippen LogP contribution in [0.1, 0.15) is 19.4 Å². The van der Waals surface area contributed by atoms with E-state index < -0.39 is 0 Å². The lowest BCUT2D eigenvalue weighted by Crippen LogP contribution is -2.36. The maximum Gasteiger partial charge on any atom is 0.234 e. The van der Waals surface area contributed by atoms with E-state index in [1.54, 1.807) is 6.07 Å². The second kappa shape index (κ2) is 6.96. The molecule has 1 aromatic rings. The molecule has 0 unspecified atom stereocenters. The zero-order chi connectivity index (χ0) is 13.5. The minimum Gasteiger partial charge on any atom is -0.399 e. The van der Waals surface area contributed by atoms with Crippen LogP contribution in [-0.2, 0) is 11.3 Å². The summed E-state index contributed by atoms with van der Waals surface area (Å²) in [6.45, 7) is 5.98. The molecule has 0 aliphatic carbocycles. The van der Waals surface area contributed by atoms with Crippen LogP contribution in [0.4, 0.5) is 10.1 Å². The third kappa shape index (κ3) is 4.71. The zero-order valence-corrected chi connectivity index (χ0v) is 10.9. The van der Waals surface area contributed by atoms with Crippen molar-refractivity contribution < 1.29 is 9.18 Å². The Bertz CT molecular complexity index is 389. The fraction of sp³-hybridized carbons (Fsp3) is 0.462. The fourth-order valence-corrected chi connectivity index (χ4v) is 1.76. The minimum atomic E-state index is -0.348. The third-order valence-corrected chi connectivity index (χ3v) is 2.57. The molecule has 0 aromatic heterocycles. The van der Waals surface area contributed by atoms with Crippen LogP contribution in [0, 0.1) is 5.82 Å². The van der Waals surface area contributed by atoms with Crippen molar-refractivity contribution >= 4 is 11.6 Å². The normalized spacial score (nSPS) is 10.7. The Hall–Kier alpha value is -1.62. The number of hydrogen-bond acceptors (Lipinski definition) is 3. The molecule has 0 fully saturated rings. The summed E-state index contributed by atoms with van der Waals surface area (Å²) in [5.74, 6) is -0.372. The van der Waals surface area contributed by atoms with Gasteiger partial charge in [-0.3, -0.25) is 9.69 Å². The van der Waals surface area contributed by atoms with Crippen LogP contribution < -0.4 is 11.1 Å². The Kier molecular flexibility index (Phi) is 5.58. The first-order valence-corrected chi connectivity index (χ1v) is 6.09. The first-order valence-electron chi connectivity index (χ1n) is 6.09. The van der Waals surface area contributed by atoms with E-state index in [4.69, 9.17) is 5.73 Å². The van der Waals surface area contributed by atoms with Crippen LogP contribution in [0.2, 0.25) is 0 Å². The number of amides is 1. The Labute approximate surface area is 107 Å². The zero-order valence-electron chi connectivity index (χ0n) is 10.9. The van der Waals surface area contributed by atoms with Gasteiger partial charge in [-0.25, -0.2) is 4.39 Å². The molecule has 1 rings (SSSR count). The minimum absolute atomic E-state index is 0.0243. The number of hydrogen-bond donors (Lipinski definition) is 2. The van der Waals surface area contributed by atoms with Crippen LogP contribution in [-0.4, -0.2) is 30.4 Å². The summed E-state index contributed by atoms with van der Waals surface area (Å²) in [4.78, 5) is 13.4. The molecule has 1 amide bonds. The molecule has 18 heavy (non-hydrogen) atoms. The van der Waals surface area contributed by atoms with E-state index in [1.807, 2.05) is 18.7 Å². The average Bonchev–Trinajstić information content (AvgIpc) is 2.27. The number of nitrogen functional groups attached to an aromatic ring is 1. The van der Waals surface area contributed by atoms with Gasteiger partial charge in [0.2, 0.25) is 5.91 Å². The average molecular weight is 253 g/mol. The Balaban J connectivity index is 2.64. The van der Waals surface area contributed by atoms with Crippen LogP contribution in [0.3, 0.4) is 0 Å². The van der Waals surface area contributed by atoms with Crippen molar-refractivity contribution in [2.24, 2.45) is 0 Å². The number of carbonyl (C=O) groups is 1. The largest absolute Gasteiger partial charge is 0.399 e. The van der Waals surface area contributed by atoms with Gasteiger partial charge in [-0.05, 0) is 37.2 Å². The molecular formula is C13H20FN3O. The number of halogens is 1. The number of carbonyl (C=O) groups excluding carboxylic acids is 1. The van der Waals surface area contributed by atoms with Crippen molar-refractivity contribution in [3.8, 4) is 0 Å². The molecule has 0 heterocycles. The van der Waals surface area contributed by atoms with Gasteiger partial charge in [-0.15, -0.1) is 0 Å². The van der Waals surface area contributed by atoms with Gasteiger partial charge in [-0.2, -0.15) is 0 Å². The summed E-state index contributed by atoms with van der Waals surface area (Å²) in [5.41, 5.74) is 6.77. The molecule has 1 aromatic carbocycles. The second-order valence-electron chi connectivity index (χ2n) is 4.15. The molecule has 0 bridgehead atoms. The predicted molar refractivity (Wildman–Crippen MR) is 70.4 cm³/mol. The highest BCUT2D eigenvalue weighted by atomic mass is 19.1. The summed E-state index contributed by atoms with van der Waals surface area (Å²) in [5, 5.41) is 2.74. The van der Waals surface area contributed by atoms with Crippen molar-refractivity contribution in [1.82, 2.24) is 10.2 Å². The van der Waals surface area contributed by atoms with E-state index in [9.17, 15) is 9.18 Å². The first kappa shape index (κ1) is 14.4. The molecule has 0 atom stereocenters. The number of nitrogens with two attached hydrogens (primary N) is 1. The van der Waals surface area contributed by atoms with Crippen molar-refractivity contribution in [3.05, 3.63) is 29.6 Å². The van der Waals surface area contributed by atoms with E-state index in [-0.39, 0.29) is 11.7 Å². The lowest BCUT2D eigenvalue weighted by Gasteiger charge is -2.20. The van der Waals surface area contributed by atoms with Crippen LogP contribution in [0.15, 0.2) is 18.2 Å². The second-order valence-corrected chi connectivity index (χ2v) is 4.15. The highest BCUT2D eigenvalue weighted by Crippen LogP contribution is 2.12. The molecule has 0 aliphatic heterocycles. The summed E-state index contributed by atoms with van der Waals surface area (Å²) in [6, 6.07) is 4.45. The molecular weight excluding hydrogens is 233 g/mol. The van der Waals surface area contributed by atoms with Gasteiger partial charge < -0.3 is 11.1 Å². The lowest BCUT2D eigenvalue weighted by molar-refractivity contribution is -0.122. The first-order chi connectivity index (χ1) is 8.55. The third-order valence-electron chi connectivity index (χ3n) is 2.57. The molecule has 3 N–H and O–H groups in total. The molecule has 0 saturated heterocycles. The highest BCUT2D eigenvalue weighted by Gasteiger charge is 2.09. The Morgan fingerprint density at radius 2 is 2.11 bits per heavy atom. The van der Waals surface area contributed by atoms with Gasteiger partial charge >= 0.3 is 0 Å². The molecule has 0 saturated carbocycles. The summed E-state index contributed by atoms with van der Waals surface area (Å²) in [7, 11) is 0. The fourth-order valence-electron chi connectivity index (χ4n) is 1.76. The van der Waals surface area contributed by atoms with Gasteiger partial charge in [-0.1, -0.05) is 6.92 Å². The maximum absolute atomic E-state index is 13.2. The number of nitrogens with one attached hydrogen (secondary N) is 1. The Morgan fingerprint density at radius 1 is 1.39 bits per heavy atom. The smallest absolute Gasteiger partial charge is 0.234 e.